The summed E-state index contributed by atoms with van der Waals surface area (Å²) in [4.78, 5) is 36.5. The summed E-state index contributed by atoms with van der Waals surface area (Å²) in [5.74, 6) is -0.615. The van der Waals surface area contributed by atoms with Crippen molar-refractivity contribution in [2.45, 2.75) is 12.2 Å². The second-order valence-corrected chi connectivity index (χ2v) is 4.49. The van der Waals surface area contributed by atoms with Crippen LogP contribution in [0.3, 0.4) is 0 Å². The summed E-state index contributed by atoms with van der Waals surface area (Å²) in [6.07, 6.45) is 0.777. The van der Waals surface area contributed by atoms with Crippen LogP contribution in [0.2, 0.25) is 0 Å². The molecule has 3 heterocycles. The van der Waals surface area contributed by atoms with Gasteiger partial charge in [-0.25, -0.2) is 9.59 Å². The highest BCUT2D eigenvalue weighted by atomic mass is 16.3. The minimum Gasteiger partial charge on any atom is -0.467 e. The van der Waals surface area contributed by atoms with Crippen LogP contribution in [0.15, 0.2) is 22.8 Å². The van der Waals surface area contributed by atoms with Gasteiger partial charge in [0, 0.05) is 7.05 Å². The van der Waals surface area contributed by atoms with E-state index in [1.165, 1.54) is 18.2 Å². The van der Waals surface area contributed by atoms with Gasteiger partial charge in [-0.1, -0.05) is 0 Å². The van der Waals surface area contributed by atoms with Gasteiger partial charge in [0.05, 0.1) is 6.26 Å². The predicted molar refractivity (Wildman–Crippen MR) is 61.7 cm³/mol. The number of hydrogen-bond donors (Lipinski definition) is 3. The number of nitrogens with one attached hydrogen (secondary N) is 3. The van der Waals surface area contributed by atoms with Crippen LogP contribution in [0.25, 0.3) is 0 Å². The quantitative estimate of drug-likeness (QED) is 0.651. The van der Waals surface area contributed by atoms with Crippen LogP contribution in [-0.4, -0.2) is 36.1 Å². The number of carbonyl (C=O) groups excluding carboxylic acids is 3. The van der Waals surface area contributed by atoms with Gasteiger partial charge in [0.1, 0.15) is 23.9 Å². The summed E-state index contributed by atoms with van der Waals surface area (Å²) in [5.41, 5.74) is 0. The first-order valence-corrected chi connectivity index (χ1v) is 5.76. The Balaban J connectivity index is 1.99. The topological polar surface area (TPSA) is 104 Å². The zero-order valence-electron chi connectivity index (χ0n) is 10.0. The minimum absolute atomic E-state index is 0.443. The number of nitrogens with zero attached hydrogens (tertiary/aromatic N) is 1. The van der Waals surface area contributed by atoms with Crippen LogP contribution in [0.1, 0.15) is 11.8 Å². The number of amides is 5. The lowest BCUT2D eigenvalue weighted by atomic mass is 9.89. The molecule has 8 nitrogen and oxygen atoms in total. The molecule has 0 bridgehead atoms. The normalized spacial score (nSPS) is 30.3. The van der Waals surface area contributed by atoms with Gasteiger partial charge < -0.3 is 20.0 Å². The molecule has 8 heteroatoms. The molecule has 0 aliphatic carbocycles. The Bertz CT molecular complexity index is 541. The first-order chi connectivity index (χ1) is 9.08. The Morgan fingerprint density at radius 3 is 2.74 bits per heavy atom. The Hall–Kier alpha value is -2.51. The van der Waals surface area contributed by atoms with E-state index in [-0.39, 0.29) is 0 Å². The smallest absolute Gasteiger partial charge is 0.325 e. The second kappa shape index (κ2) is 4.01. The third-order valence-corrected chi connectivity index (χ3v) is 3.39. The van der Waals surface area contributed by atoms with Crippen LogP contribution >= 0.6 is 0 Å². The zero-order valence-corrected chi connectivity index (χ0v) is 10.0. The van der Waals surface area contributed by atoms with Crippen molar-refractivity contribution < 1.29 is 18.8 Å². The molecular weight excluding hydrogens is 252 g/mol. The van der Waals surface area contributed by atoms with E-state index >= 15 is 0 Å². The number of hydrogen-bond acceptors (Lipinski definition) is 4. The van der Waals surface area contributed by atoms with E-state index in [0.29, 0.717) is 5.76 Å². The van der Waals surface area contributed by atoms with Crippen molar-refractivity contribution in [1.82, 2.24) is 20.9 Å². The molecule has 2 aliphatic heterocycles. The first-order valence-electron chi connectivity index (χ1n) is 5.76. The van der Waals surface area contributed by atoms with Crippen molar-refractivity contribution in [2.24, 2.45) is 5.92 Å². The molecule has 0 aromatic carbocycles. The van der Waals surface area contributed by atoms with Crippen molar-refractivity contribution in [3.05, 3.63) is 24.2 Å². The predicted octanol–water partition coefficient (Wildman–Crippen LogP) is -0.243. The summed E-state index contributed by atoms with van der Waals surface area (Å²) < 4.78 is 5.25. The van der Waals surface area contributed by atoms with Crippen molar-refractivity contribution >= 4 is 18.0 Å². The summed E-state index contributed by atoms with van der Waals surface area (Å²) >= 11 is 0. The highest BCUT2D eigenvalue weighted by Crippen LogP contribution is 2.31. The monoisotopic (exact) mass is 264 g/mol. The number of rotatable bonds is 1. The molecule has 19 heavy (non-hydrogen) atoms. The van der Waals surface area contributed by atoms with E-state index in [4.69, 9.17) is 4.42 Å². The van der Waals surface area contributed by atoms with Crippen LogP contribution in [0.5, 0.6) is 0 Å². The molecule has 0 spiro atoms. The number of urea groups is 2. The molecular formula is C11H12N4O4. The van der Waals surface area contributed by atoms with Crippen molar-refractivity contribution in [3.8, 4) is 0 Å². The van der Waals surface area contributed by atoms with E-state index in [1.807, 2.05) is 0 Å². The molecule has 100 valence electrons. The molecule has 0 saturated carbocycles. The van der Waals surface area contributed by atoms with Crippen molar-refractivity contribution in [3.63, 3.8) is 0 Å². The third kappa shape index (κ3) is 1.72. The standard InChI is InChI=1S/C11H12N4O4/c1-15-8-6(9(16)14-11(15)18)7(12-10(17)13-8)5-3-2-4-19-5/h2-4,6-8H,1H3,(H2,12,13,17)(H,14,16,18). The molecule has 3 atom stereocenters. The molecule has 2 aliphatic rings. The highest BCUT2D eigenvalue weighted by Gasteiger charge is 2.49. The Morgan fingerprint density at radius 1 is 1.26 bits per heavy atom. The number of fused-ring (bicyclic) bond motifs is 1. The van der Waals surface area contributed by atoms with Crippen LogP contribution in [0, 0.1) is 5.92 Å². The second-order valence-electron chi connectivity index (χ2n) is 4.49. The largest absolute Gasteiger partial charge is 0.467 e. The molecule has 1 aromatic heterocycles. The minimum atomic E-state index is -0.690. The maximum atomic E-state index is 12.0. The summed E-state index contributed by atoms with van der Waals surface area (Å²) in [6.45, 7) is 0. The zero-order chi connectivity index (χ0) is 13.6. The SMILES string of the molecule is CN1C(=O)NC(=O)C2C(c3ccco3)NC(=O)NC21. The van der Waals surface area contributed by atoms with Gasteiger partial charge in [0.25, 0.3) is 0 Å². The number of imide groups is 1. The van der Waals surface area contributed by atoms with Gasteiger partial charge in [-0.2, -0.15) is 0 Å². The Kier molecular flexibility index (Phi) is 2.44. The number of carbonyl (C=O) groups is 3. The lowest BCUT2D eigenvalue weighted by Gasteiger charge is -2.44. The average molecular weight is 264 g/mol. The van der Waals surface area contributed by atoms with Gasteiger partial charge in [-0.15, -0.1) is 0 Å². The van der Waals surface area contributed by atoms with Crippen LogP contribution in [0.4, 0.5) is 9.59 Å². The molecule has 3 rings (SSSR count). The molecule has 5 amide bonds. The maximum Gasteiger partial charge on any atom is 0.325 e. The molecule has 2 fully saturated rings. The van der Waals surface area contributed by atoms with Crippen LogP contribution in [-0.2, 0) is 4.79 Å². The highest BCUT2D eigenvalue weighted by molar-refractivity contribution is 6.00. The molecule has 0 radical (unpaired) electrons. The Morgan fingerprint density at radius 2 is 2.05 bits per heavy atom. The fourth-order valence-electron chi connectivity index (χ4n) is 2.43. The average Bonchev–Trinajstić information content (AvgIpc) is 2.88. The van der Waals surface area contributed by atoms with E-state index in [2.05, 4.69) is 16.0 Å². The summed E-state index contributed by atoms with van der Waals surface area (Å²) in [5, 5.41) is 7.46. The van der Waals surface area contributed by atoms with Crippen LogP contribution < -0.4 is 16.0 Å². The molecule has 3 unspecified atom stereocenters. The van der Waals surface area contributed by atoms with E-state index in [0.717, 1.165) is 0 Å². The summed E-state index contributed by atoms with van der Waals surface area (Å²) in [7, 11) is 1.52. The van der Waals surface area contributed by atoms with E-state index in [9.17, 15) is 14.4 Å². The lowest BCUT2D eigenvalue weighted by Crippen LogP contribution is -2.71. The Labute approximate surface area is 108 Å². The maximum absolute atomic E-state index is 12.0. The van der Waals surface area contributed by atoms with E-state index < -0.39 is 36.1 Å². The molecule has 2 saturated heterocycles. The summed E-state index contributed by atoms with van der Waals surface area (Å²) in [6, 6.07) is 1.76. The lowest BCUT2D eigenvalue weighted by molar-refractivity contribution is -0.130. The fourth-order valence-corrected chi connectivity index (χ4v) is 2.43. The van der Waals surface area contributed by atoms with Crippen molar-refractivity contribution in [2.75, 3.05) is 7.05 Å². The van der Waals surface area contributed by atoms with Gasteiger partial charge in [0.15, 0.2) is 0 Å². The number of furan rings is 1. The van der Waals surface area contributed by atoms with Crippen molar-refractivity contribution in [1.29, 1.82) is 0 Å². The van der Waals surface area contributed by atoms with Gasteiger partial charge >= 0.3 is 12.1 Å². The van der Waals surface area contributed by atoms with Gasteiger partial charge in [-0.3, -0.25) is 10.1 Å². The third-order valence-electron chi connectivity index (χ3n) is 3.39. The van der Waals surface area contributed by atoms with E-state index in [1.54, 1.807) is 12.1 Å². The molecule has 1 aromatic rings. The van der Waals surface area contributed by atoms with Gasteiger partial charge in [0.2, 0.25) is 5.91 Å². The molecule has 3 N–H and O–H groups in total. The van der Waals surface area contributed by atoms with Gasteiger partial charge in [-0.05, 0) is 12.1 Å². The fraction of sp³-hybridized carbons (Fsp3) is 0.364. The first kappa shape index (κ1) is 11.6.